The molecule has 0 radical (unpaired) electrons. The molecule has 0 aliphatic heterocycles. The van der Waals surface area contributed by atoms with Crippen LogP contribution in [0.25, 0.3) is 5.57 Å². The minimum atomic E-state index is 1.12. The molecule has 0 bridgehead atoms. The molecule has 1 nitrogen and oxygen atoms in total. The van der Waals surface area contributed by atoms with Crippen LogP contribution < -0.4 is 5.73 Å². The summed E-state index contributed by atoms with van der Waals surface area (Å²) >= 11 is 0. The summed E-state index contributed by atoms with van der Waals surface area (Å²) < 4.78 is 0. The van der Waals surface area contributed by atoms with Gasteiger partial charge < -0.3 is 5.73 Å². The molecule has 0 aromatic heterocycles. The summed E-state index contributed by atoms with van der Waals surface area (Å²) in [4.78, 5) is 0. The second kappa shape index (κ2) is 3.24. The van der Waals surface area contributed by atoms with E-state index < -0.39 is 0 Å². The minimum absolute atomic E-state index is 1.12. The molecule has 1 rings (SSSR count). The highest BCUT2D eigenvalue weighted by Gasteiger charge is 1.92. The molecule has 11 heavy (non-hydrogen) atoms. The highest BCUT2D eigenvalue weighted by Crippen LogP contribution is 2.13. The molecule has 2 N–H and O–H groups in total. The summed E-state index contributed by atoms with van der Waals surface area (Å²) in [5, 5.41) is 0. The van der Waals surface area contributed by atoms with E-state index in [4.69, 9.17) is 5.73 Å². The monoisotopic (exact) mass is 147 g/mol. The summed E-state index contributed by atoms with van der Waals surface area (Å²) in [7, 11) is 0. The van der Waals surface area contributed by atoms with Crippen molar-refractivity contribution in [3.8, 4) is 0 Å². The lowest BCUT2D eigenvalue weighted by Gasteiger charge is -2.00. The lowest BCUT2D eigenvalue weighted by Crippen LogP contribution is -1.85. The molecular formula is C10H13N. The van der Waals surface area contributed by atoms with Crippen LogP contribution in [0.5, 0.6) is 0 Å². The summed E-state index contributed by atoms with van der Waals surface area (Å²) in [6.45, 7) is 4.09. The van der Waals surface area contributed by atoms with Gasteiger partial charge in [0.05, 0.1) is 0 Å². The molecule has 0 saturated heterocycles. The first-order chi connectivity index (χ1) is 5.24. The average molecular weight is 147 g/mol. The van der Waals surface area contributed by atoms with Crippen LogP contribution in [0.4, 0.5) is 0 Å². The van der Waals surface area contributed by atoms with Crippen molar-refractivity contribution in [2.45, 2.75) is 13.8 Å². The predicted molar refractivity (Wildman–Crippen MR) is 49.0 cm³/mol. The maximum Gasteiger partial charge on any atom is -0.00265 e. The SMILES string of the molecule is C/C(=C\N)c1cccc(C)c1. The van der Waals surface area contributed by atoms with Gasteiger partial charge in [-0.2, -0.15) is 0 Å². The molecule has 0 heterocycles. The molecule has 0 amide bonds. The van der Waals surface area contributed by atoms with E-state index in [0.717, 1.165) is 5.57 Å². The standard InChI is InChI=1S/C10H13N/c1-8-4-3-5-10(6-8)9(2)7-11/h3-7H,11H2,1-2H3/b9-7+. The molecule has 1 heteroatoms. The first-order valence-corrected chi connectivity index (χ1v) is 3.69. The Labute approximate surface area is 67.5 Å². The van der Waals surface area contributed by atoms with Crippen molar-refractivity contribution in [1.82, 2.24) is 0 Å². The highest BCUT2D eigenvalue weighted by atomic mass is 14.5. The van der Waals surface area contributed by atoms with Gasteiger partial charge in [0.15, 0.2) is 0 Å². The Morgan fingerprint density at radius 2 is 2.18 bits per heavy atom. The second-order valence-electron chi connectivity index (χ2n) is 2.72. The van der Waals surface area contributed by atoms with Gasteiger partial charge in [-0.05, 0) is 31.2 Å². The lowest BCUT2D eigenvalue weighted by atomic mass is 10.1. The van der Waals surface area contributed by atoms with Crippen molar-refractivity contribution in [3.63, 3.8) is 0 Å². The van der Waals surface area contributed by atoms with Gasteiger partial charge in [0.2, 0.25) is 0 Å². The molecule has 0 saturated carbocycles. The van der Waals surface area contributed by atoms with Gasteiger partial charge >= 0.3 is 0 Å². The Morgan fingerprint density at radius 3 is 2.73 bits per heavy atom. The van der Waals surface area contributed by atoms with Gasteiger partial charge in [-0.3, -0.25) is 0 Å². The van der Waals surface area contributed by atoms with E-state index in [-0.39, 0.29) is 0 Å². The van der Waals surface area contributed by atoms with Crippen molar-refractivity contribution < 1.29 is 0 Å². The van der Waals surface area contributed by atoms with Crippen LogP contribution in [0.15, 0.2) is 30.5 Å². The largest absolute Gasteiger partial charge is 0.404 e. The van der Waals surface area contributed by atoms with Gasteiger partial charge in [-0.15, -0.1) is 0 Å². The summed E-state index contributed by atoms with van der Waals surface area (Å²) in [5.41, 5.74) is 8.98. The Bertz CT molecular complexity index is 274. The molecular weight excluding hydrogens is 134 g/mol. The Hall–Kier alpha value is -1.24. The van der Waals surface area contributed by atoms with Crippen LogP contribution in [0.2, 0.25) is 0 Å². The number of benzene rings is 1. The lowest BCUT2D eigenvalue weighted by molar-refractivity contribution is 1.42. The first-order valence-electron chi connectivity index (χ1n) is 3.69. The van der Waals surface area contributed by atoms with Crippen LogP contribution in [-0.4, -0.2) is 0 Å². The molecule has 0 unspecified atom stereocenters. The summed E-state index contributed by atoms with van der Waals surface area (Å²) in [6.07, 6.45) is 1.63. The van der Waals surface area contributed by atoms with Crippen LogP contribution in [0.1, 0.15) is 18.1 Å². The van der Waals surface area contributed by atoms with Crippen LogP contribution in [0.3, 0.4) is 0 Å². The second-order valence-corrected chi connectivity index (χ2v) is 2.72. The first kappa shape index (κ1) is 7.86. The fraction of sp³-hybridized carbons (Fsp3) is 0.200. The van der Waals surface area contributed by atoms with Gasteiger partial charge in [0, 0.05) is 0 Å². The third-order valence-corrected chi connectivity index (χ3v) is 1.72. The van der Waals surface area contributed by atoms with E-state index in [2.05, 4.69) is 25.1 Å². The van der Waals surface area contributed by atoms with Gasteiger partial charge in [-0.1, -0.05) is 29.8 Å². The van der Waals surface area contributed by atoms with Crippen molar-refractivity contribution in [1.29, 1.82) is 0 Å². The van der Waals surface area contributed by atoms with E-state index in [0.29, 0.717) is 0 Å². The number of nitrogens with two attached hydrogens (primary N) is 1. The summed E-state index contributed by atoms with van der Waals surface area (Å²) in [5.74, 6) is 0. The molecule has 1 aromatic rings. The molecule has 0 aliphatic carbocycles. The normalized spacial score (nSPS) is 11.6. The zero-order valence-electron chi connectivity index (χ0n) is 6.96. The minimum Gasteiger partial charge on any atom is -0.404 e. The Morgan fingerprint density at radius 1 is 1.45 bits per heavy atom. The molecule has 0 fully saturated rings. The van der Waals surface area contributed by atoms with Crippen LogP contribution >= 0.6 is 0 Å². The quantitative estimate of drug-likeness (QED) is 0.648. The molecule has 1 aromatic carbocycles. The predicted octanol–water partition coefficient (Wildman–Crippen LogP) is 2.31. The van der Waals surface area contributed by atoms with Crippen molar-refractivity contribution >= 4 is 5.57 Å². The van der Waals surface area contributed by atoms with E-state index in [1.807, 2.05) is 13.0 Å². The zero-order chi connectivity index (χ0) is 8.27. The topological polar surface area (TPSA) is 26.0 Å². The van der Waals surface area contributed by atoms with Crippen LogP contribution in [0, 0.1) is 6.92 Å². The molecule has 58 valence electrons. The van der Waals surface area contributed by atoms with E-state index in [1.165, 1.54) is 11.1 Å². The van der Waals surface area contributed by atoms with Gasteiger partial charge in [-0.25, -0.2) is 0 Å². The van der Waals surface area contributed by atoms with E-state index in [1.54, 1.807) is 6.20 Å². The number of rotatable bonds is 1. The number of allylic oxidation sites excluding steroid dienone is 1. The number of hydrogen-bond donors (Lipinski definition) is 1. The third-order valence-electron chi connectivity index (χ3n) is 1.72. The van der Waals surface area contributed by atoms with E-state index in [9.17, 15) is 0 Å². The third kappa shape index (κ3) is 1.84. The fourth-order valence-corrected chi connectivity index (χ4v) is 0.987. The summed E-state index contributed by atoms with van der Waals surface area (Å²) in [6, 6.07) is 8.30. The number of aryl methyl sites for hydroxylation is 1. The number of hydrogen-bond acceptors (Lipinski definition) is 1. The van der Waals surface area contributed by atoms with Gasteiger partial charge in [0.25, 0.3) is 0 Å². The van der Waals surface area contributed by atoms with Crippen molar-refractivity contribution in [3.05, 3.63) is 41.6 Å². The molecule has 0 aliphatic rings. The van der Waals surface area contributed by atoms with E-state index >= 15 is 0 Å². The maximum absolute atomic E-state index is 5.39. The van der Waals surface area contributed by atoms with Crippen molar-refractivity contribution in [2.75, 3.05) is 0 Å². The highest BCUT2D eigenvalue weighted by molar-refractivity contribution is 5.63. The molecule has 0 spiro atoms. The Balaban J connectivity index is 3.06. The fourth-order valence-electron chi connectivity index (χ4n) is 0.987. The average Bonchev–Trinajstić information content (AvgIpc) is 2.03. The smallest absolute Gasteiger partial charge is 0.00265 e. The van der Waals surface area contributed by atoms with Crippen LogP contribution in [-0.2, 0) is 0 Å². The van der Waals surface area contributed by atoms with Crippen molar-refractivity contribution in [2.24, 2.45) is 5.73 Å². The maximum atomic E-state index is 5.39. The van der Waals surface area contributed by atoms with Gasteiger partial charge in [0.1, 0.15) is 0 Å². The Kier molecular flexibility index (Phi) is 2.32. The zero-order valence-corrected chi connectivity index (χ0v) is 6.96. The molecule has 0 atom stereocenters.